The fourth-order valence-corrected chi connectivity index (χ4v) is 2.81. The van der Waals surface area contributed by atoms with Crippen LogP contribution in [0, 0.1) is 0 Å². The zero-order chi connectivity index (χ0) is 20.6. The normalized spacial score (nSPS) is 10.3. The quantitative estimate of drug-likeness (QED) is 0.641. The van der Waals surface area contributed by atoms with Gasteiger partial charge in [0.1, 0.15) is 11.5 Å². The SMILES string of the molecule is CCN(CC)C(=O)c1ccc(NC(=O)c2ccc(Oc3cccnc3)cc2)cc1. The van der Waals surface area contributed by atoms with Crippen LogP contribution in [0.3, 0.4) is 0 Å². The zero-order valence-electron chi connectivity index (χ0n) is 16.5. The molecule has 0 atom stereocenters. The summed E-state index contributed by atoms with van der Waals surface area (Å²) in [7, 11) is 0. The summed E-state index contributed by atoms with van der Waals surface area (Å²) in [5, 5.41) is 2.84. The van der Waals surface area contributed by atoms with E-state index in [1.807, 2.05) is 19.9 Å². The van der Waals surface area contributed by atoms with Crippen molar-refractivity contribution >= 4 is 17.5 Å². The Bertz CT molecular complexity index is 951. The van der Waals surface area contributed by atoms with Gasteiger partial charge in [0.25, 0.3) is 11.8 Å². The van der Waals surface area contributed by atoms with Crippen LogP contribution < -0.4 is 10.1 Å². The zero-order valence-corrected chi connectivity index (χ0v) is 16.5. The fraction of sp³-hybridized carbons (Fsp3) is 0.174. The molecule has 1 aromatic heterocycles. The molecule has 0 aliphatic heterocycles. The third-order valence-electron chi connectivity index (χ3n) is 4.43. The van der Waals surface area contributed by atoms with Crippen molar-refractivity contribution in [1.82, 2.24) is 9.88 Å². The molecule has 3 rings (SSSR count). The largest absolute Gasteiger partial charge is 0.456 e. The van der Waals surface area contributed by atoms with Crippen molar-refractivity contribution in [2.75, 3.05) is 18.4 Å². The minimum atomic E-state index is -0.235. The predicted molar refractivity (Wildman–Crippen MR) is 112 cm³/mol. The van der Waals surface area contributed by atoms with E-state index in [-0.39, 0.29) is 11.8 Å². The maximum absolute atomic E-state index is 12.5. The third-order valence-corrected chi connectivity index (χ3v) is 4.43. The first-order valence-corrected chi connectivity index (χ1v) is 9.49. The second-order valence-electron chi connectivity index (χ2n) is 6.32. The molecule has 6 heteroatoms. The van der Waals surface area contributed by atoms with Crippen LogP contribution in [0.15, 0.2) is 73.1 Å². The molecule has 2 amide bonds. The van der Waals surface area contributed by atoms with E-state index in [4.69, 9.17) is 4.74 Å². The first-order chi connectivity index (χ1) is 14.1. The topological polar surface area (TPSA) is 71.5 Å². The molecule has 2 aromatic carbocycles. The van der Waals surface area contributed by atoms with Gasteiger partial charge in [-0.2, -0.15) is 0 Å². The van der Waals surface area contributed by atoms with Crippen molar-refractivity contribution in [1.29, 1.82) is 0 Å². The molecular formula is C23H23N3O3. The van der Waals surface area contributed by atoms with E-state index < -0.39 is 0 Å². The van der Waals surface area contributed by atoms with E-state index in [1.165, 1.54) is 0 Å². The highest BCUT2D eigenvalue weighted by atomic mass is 16.5. The molecule has 0 saturated carbocycles. The number of benzene rings is 2. The summed E-state index contributed by atoms with van der Waals surface area (Å²) in [6, 6.07) is 17.4. The van der Waals surface area contributed by atoms with Crippen molar-refractivity contribution in [2.45, 2.75) is 13.8 Å². The van der Waals surface area contributed by atoms with E-state index in [1.54, 1.807) is 71.9 Å². The smallest absolute Gasteiger partial charge is 0.255 e. The lowest BCUT2D eigenvalue weighted by Gasteiger charge is -2.18. The van der Waals surface area contributed by atoms with Crippen molar-refractivity contribution < 1.29 is 14.3 Å². The maximum Gasteiger partial charge on any atom is 0.255 e. The Morgan fingerprint density at radius 2 is 1.55 bits per heavy atom. The Hall–Kier alpha value is -3.67. The molecule has 0 radical (unpaired) electrons. The van der Waals surface area contributed by atoms with Crippen molar-refractivity contribution in [3.63, 3.8) is 0 Å². The van der Waals surface area contributed by atoms with Gasteiger partial charge >= 0.3 is 0 Å². The van der Waals surface area contributed by atoms with Gasteiger partial charge in [0, 0.05) is 36.1 Å². The summed E-state index contributed by atoms with van der Waals surface area (Å²) in [6.45, 7) is 5.22. The van der Waals surface area contributed by atoms with Crippen molar-refractivity contribution in [2.24, 2.45) is 0 Å². The molecule has 148 valence electrons. The number of carbonyl (C=O) groups is 2. The highest BCUT2D eigenvalue weighted by molar-refractivity contribution is 6.04. The van der Waals surface area contributed by atoms with Crippen LogP contribution in [0.5, 0.6) is 11.5 Å². The van der Waals surface area contributed by atoms with Gasteiger partial charge in [-0.05, 0) is 74.5 Å². The molecule has 0 fully saturated rings. The maximum atomic E-state index is 12.5. The number of rotatable bonds is 7. The van der Waals surface area contributed by atoms with Crippen LogP contribution in [0.1, 0.15) is 34.6 Å². The number of hydrogen-bond acceptors (Lipinski definition) is 4. The number of amides is 2. The Balaban J connectivity index is 1.62. The van der Waals surface area contributed by atoms with E-state index in [0.29, 0.717) is 41.4 Å². The number of carbonyl (C=O) groups excluding carboxylic acids is 2. The molecule has 29 heavy (non-hydrogen) atoms. The Labute approximate surface area is 170 Å². The molecule has 0 aliphatic carbocycles. The minimum absolute atomic E-state index is 0.0166. The molecule has 0 aliphatic rings. The van der Waals surface area contributed by atoms with Gasteiger partial charge in [0.2, 0.25) is 0 Å². The molecule has 0 bridgehead atoms. The van der Waals surface area contributed by atoms with Crippen LogP contribution in [-0.4, -0.2) is 34.8 Å². The number of nitrogens with one attached hydrogen (secondary N) is 1. The fourth-order valence-electron chi connectivity index (χ4n) is 2.81. The molecule has 3 aromatic rings. The summed E-state index contributed by atoms with van der Waals surface area (Å²) in [5.41, 5.74) is 1.73. The minimum Gasteiger partial charge on any atom is -0.456 e. The Morgan fingerprint density at radius 3 is 2.14 bits per heavy atom. The van der Waals surface area contributed by atoms with Gasteiger partial charge in [-0.15, -0.1) is 0 Å². The summed E-state index contributed by atoms with van der Waals surface area (Å²) < 4.78 is 5.67. The highest BCUT2D eigenvalue weighted by Crippen LogP contribution is 2.21. The number of hydrogen-bond donors (Lipinski definition) is 1. The van der Waals surface area contributed by atoms with Crippen LogP contribution in [0.25, 0.3) is 0 Å². The van der Waals surface area contributed by atoms with Gasteiger partial charge < -0.3 is 15.0 Å². The summed E-state index contributed by atoms with van der Waals surface area (Å²) in [5.74, 6) is 0.996. The van der Waals surface area contributed by atoms with Crippen LogP contribution >= 0.6 is 0 Å². The summed E-state index contributed by atoms with van der Waals surface area (Å²) in [4.78, 5) is 30.6. The van der Waals surface area contributed by atoms with Gasteiger partial charge in [-0.25, -0.2) is 0 Å². The van der Waals surface area contributed by atoms with Crippen LogP contribution in [-0.2, 0) is 0 Å². The molecule has 1 heterocycles. The Morgan fingerprint density at radius 1 is 0.897 bits per heavy atom. The molecule has 6 nitrogen and oxygen atoms in total. The van der Waals surface area contributed by atoms with Crippen molar-refractivity contribution in [3.05, 3.63) is 84.2 Å². The predicted octanol–water partition coefficient (Wildman–Crippen LogP) is 4.61. The van der Waals surface area contributed by atoms with E-state index in [9.17, 15) is 9.59 Å². The number of nitrogens with zero attached hydrogens (tertiary/aromatic N) is 2. The van der Waals surface area contributed by atoms with Gasteiger partial charge in [-0.3, -0.25) is 14.6 Å². The van der Waals surface area contributed by atoms with Crippen LogP contribution in [0.4, 0.5) is 5.69 Å². The van der Waals surface area contributed by atoms with Crippen LogP contribution in [0.2, 0.25) is 0 Å². The lowest BCUT2D eigenvalue weighted by Crippen LogP contribution is -2.30. The van der Waals surface area contributed by atoms with Gasteiger partial charge in [-0.1, -0.05) is 0 Å². The second-order valence-corrected chi connectivity index (χ2v) is 6.32. The molecule has 0 unspecified atom stereocenters. The van der Waals surface area contributed by atoms with Gasteiger partial charge in [0.15, 0.2) is 0 Å². The van der Waals surface area contributed by atoms with E-state index >= 15 is 0 Å². The molecular weight excluding hydrogens is 366 g/mol. The van der Waals surface area contributed by atoms with E-state index in [2.05, 4.69) is 10.3 Å². The molecule has 1 N–H and O–H groups in total. The number of anilines is 1. The summed E-state index contributed by atoms with van der Waals surface area (Å²) >= 11 is 0. The highest BCUT2D eigenvalue weighted by Gasteiger charge is 2.13. The molecule has 0 spiro atoms. The Kier molecular flexibility index (Phi) is 6.58. The standard InChI is InChI=1S/C23H23N3O3/c1-3-26(4-2)23(28)18-7-11-19(12-8-18)25-22(27)17-9-13-20(14-10-17)29-21-6-5-15-24-16-21/h5-16H,3-4H2,1-2H3,(H,25,27). The summed E-state index contributed by atoms with van der Waals surface area (Å²) in [6.07, 6.45) is 3.29. The monoisotopic (exact) mass is 389 g/mol. The van der Waals surface area contributed by atoms with E-state index in [0.717, 1.165) is 0 Å². The first-order valence-electron chi connectivity index (χ1n) is 9.49. The third kappa shape index (κ3) is 5.19. The number of ether oxygens (including phenoxy) is 1. The van der Waals surface area contributed by atoms with Gasteiger partial charge in [0.05, 0.1) is 6.20 Å². The average molecular weight is 389 g/mol. The van der Waals surface area contributed by atoms with Crippen molar-refractivity contribution in [3.8, 4) is 11.5 Å². The second kappa shape index (κ2) is 9.50. The average Bonchev–Trinajstić information content (AvgIpc) is 2.76. The molecule has 0 saturated heterocycles. The lowest BCUT2D eigenvalue weighted by molar-refractivity contribution is 0.0773. The number of aromatic nitrogens is 1. The first kappa shape index (κ1) is 20.1. The number of pyridine rings is 1. The lowest BCUT2D eigenvalue weighted by atomic mass is 10.1.